The Morgan fingerprint density at radius 3 is 1.27 bits per heavy atom. The number of aliphatic hydroxyl groups excluding tert-OH is 3. The number of hydrogen-bond donors (Lipinski definition) is 6. The second kappa shape index (κ2) is 43.0. The fourth-order valence-corrected chi connectivity index (χ4v) is 21.1. The molecule has 744 valence electrons. The Morgan fingerprint density at radius 2 is 0.872 bits per heavy atom. The predicted molar refractivity (Wildman–Crippen MR) is 517 cm³/mol. The standard InChI is InChI=1S/C26H20FIN2O6.C18H21NO5.C17H18INO5.C12H11FINO5.C12H12INO5.C12H11NO5/c1-3-25(35-22(33)19-12-8-5-9-13-19)17(2)26(27,16-28)36-23(25)29-15-14-20(31)30(24(29)34)21(32)18-10-6-4-7-11-18;1-3-13-15-18(4-2,24-17(23-15)8-5-6-9-17)16(22-13)19-10-7-12(20)11-14(19)21;1-2-17-14(23-16(24-17)6-3-4-7-16)12(10-18)22-15(17)19-8-5-11(20)9-13(19)21;1-2-11(19)9(18)12(13,6-14)20-10(11)15-4-3-7(16)5-8(15)17;1-2-12(18)10(17)8(6-13)19-11(12)14-4-3-7(15)5-9(14)16;1-3-12(17)10(16)7(2)18-11(12)13-5-4-8(14)6-9(13)15/h1,4-15,17,23H,16H2,2H3;2,7,10,13,15-16H,3,5-6,8-9,11H2,1H3;1,5,8,12,14-15H,3-4,6-7,9-10H2;1,3-4,9-10,18-19H,5-6H2;1,3-4,8,10-11,17-18H,5-6H2;1,4-5,10-11,16-17H,2,6H2/t17-,23+,25+,26+;13-,15-,16-,18-;12-,14-,15-,17-;9-,10+,11+,12+;8-,10-,11-,12-;10-,11-,12-/m011011/s1. The number of ether oxygens (including phenoxy) is 11. The third kappa shape index (κ3) is 20.1. The highest BCUT2D eigenvalue weighted by Gasteiger charge is 2.73. The molecule has 0 unspecified atom stereocenters. The van der Waals surface area contributed by atoms with Crippen LogP contribution in [0.15, 0.2) is 156 Å². The first-order valence-electron chi connectivity index (χ1n) is 43.8. The summed E-state index contributed by atoms with van der Waals surface area (Å²) in [7, 11) is 0. The van der Waals surface area contributed by atoms with Gasteiger partial charge in [-0.15, -0.1) is 38.5 Å². The first-order chi connectivity index (χ1) is 66.9. The zero-order valence-electron chi connectivity index (χ0n) is 75.0. The SMILES string of the molecule is C#C[C@@]1(O)[C@H](O)C(=C)O[C@H]1N1C=CC(=O)CC1=O.C#C[C@@]1(O)[C@H](O)[C@@H](CI)O[C@H]1N1C=CC(=O)CC1=O.C#C[C@@]12OC3(CCCC3)O[C@@H]1[C@@H](CC)O[C@H]2N1C=CC(=O)CC1=O.C#C[C@@]12OC3(CCCC3)O[C@@H]1[C@@H](CI)O[C@H]2N1C=CC(=O)CC1=O.C#C[C@]1(O)[C@H](N2C=CC(=O)CC2=O)O[C@](F)(CI)[C@H]1O.C#C[C@]1(OC(=O)c2ccccc2)[C@H](n2ccc(=O)n(C(=O)c3ccccc3)c2=O)O[C@](F)(CI)[C@H]1C. The molecular formula is C97H93F2I4N7O31. The van der Waals surface area contributed by atoms with Crippen molar-refractivity contribution in [3.63, 3.8) is 0 Å². The van der Waals surface area contributed by atoms with E-state index in [4.69, 9.17) is 90.6 Å². The van der Waals surface area contributed by atoms with E-state index in [1.807, 2.05) is 41.4 Å². The van der Waals surface area contributed by atoms with Crippen molar-refractivity contribution in [2.45, 2.75) is 247 Å². The number of esters is 1. The van der Waals surface area contributed by atoms with Crippen molar-refractivity contribution in [1.82, 2.24) is 33.6 Å². The van der Waals surface area contributed by atoms with Crippen LogP contribution in [-0.4, -0.2) is 289 Å². The van der Waals surface area contributed by atoms with E-state index in [-0.39, 0.29) is 98.6 Å². The van der Waals surface area contributed by atoms with E-state index in [1.54, 1.807) is 81.6 Å². The molecule has 6 N–H and O–H groups in total. The third-order valence-electron chi connectivity index (χ3n) is 25.9. The number of benzene rings is 2. The van der Waals surface area contributed by atoms with Gasteiger partial charge in [0.05, 0.1) is 70.8 Å². The second-order valence-corrected chi connectivity index (χ2v) is 37.9. The molecular weight excluding hydrogens is 2300 g/mol. The van der Waals surface area contributed by atoms with Crippen LogP contribution in [-0.2, 0) is 100 Å². The molecule has 38 nitrogen and oxygen atoms in total. The Hall–Kier alpha value is -10.3. The fourth-order valence-electron chi connectivity index (χ4n) is 18.3. The van der Waals surface area contributed by atoms with Crippen LogP contribution in [0.4, 0.5) is 8.78 Å². The number of aromatic nitrogens is 2. The molecule has 18 rings (SSSR count). The summed E-state index contributed by atoms with van der Waals surface area (Å²) in [6, 6.07) is 16.6. The lowest BCUT2D eigenvalue weighted by molar-refractivity contribution is -0.228. The lowest BCUT2D eigenvalue weighted by Gasteiger charge is -2.36. The summed E-state index contributed by atoms with van der Waals surface area (Å²) >= 11 is 7.60. The Morgan fingerprint density at radius 1 is 0.482 bits per heavy atom. The Labute approximate surface area is 859 Å². The monoisotopic (exact) mass is 2400 g/mol. The number of halogens is 6. The Bertz CT molecular complexity index is 5970. The highest BCUT2D eigenvalue weighted by molar-refractivity contribution is 14.1. The van der Waals surface area contributed by atoms with Crippen LogP contribution in [0.2, 0.25) is 0 Å². The van der Waals surface area contributed by atoms with Crippen molar-refractivity contribution >= 4 is 161 Å². The minimum absolute atomic E-state index is 0.0842. The van der Waals surface area contributed by atoms with E-state index in [2.05, 4.69) is 52.9 Å². The minimum atomic E-state index is -2.58. The molecule has 1 aromatic heterocycles. The van der Waals surface area contributed by atoms with Crippen LogP contribution in [0, 0.1) is 80.0 Å². The van der Waals surface area contributed by atoms with Crippen LogP contribution in [0.25, 0.3) is 0 Å². The number of aliphatic hydroxyl groups is 6. The molecule has 0 radical (unpaired) electrons. The predicted octanol–water partition coefficient (Wildman–Crippen LogP) is 3.77. The molecule has 10 fully saturated rings. The van der Waals surface area contributed by atoms with Crippen LogP contribution >= 0.6 is 90.4 Å². The number of carbonyl (C=O) groups is 12. The average molecular weight is 2400 g/mol. The maximum atomic E-state index is 15.9. The van der Waals surface area contributed by atoms with Crippen molar-refractivity contribution in [2.24, 2.45) is 5.92 Å². The number of fused-ring (bicyclic) bond motifs is 2. The first-order valence-corrected chi connectivity index (χ1v) is 49.9. The van der Waals surface area contributed by atoms with Crippen LogP contribution < -0.4 is 11.2 Å². The minimum Gasteiger partial charge on any atom is -0.468 e. The number of ketones is 5. The molecule has 44 heteroatoms. The zero-order chi connectivity index (χ0) is 103. The maximum Gasteiger partial charge on any atom is 0.340 e. The van der Waals surface area contributed by atoms with Crippen LogP contribution in [0.1, 0.15) is 131 Å². The van der Waals surface area contributed by atoms with Gasteiger partial charge in [0.25, 0.3) is 11.5 Å². The van der Waals surface area contributed by atoms with E-state index in [1.165, 1.54) is 90.1 Å². The van der Waals surface area contributed by atoms with Gasteiger partial charge in [-0.2, -0.15) is 4.57 Å². The first kappa shape index (κ1) is 108. The number of allylic oxidation sites excluding steroid dienone is 5. The summed E-state index contributed by atoms with van der Waals surface area (Å²) in [6.45, 7) is 6.81. The molecule has 2 spiro atoms. The molecule has 141 heavy (non-hydrogen) atoms. The highest BCUT2D eigenvalue weighted by atomic mass is 127. The van der Waals surface area contributed by atoms with Crippen LogP contribution in [0.3, 0.4) is 0 Å². The van der Waals surface area contributed by atoms with Gasteiger partial charge in [-0.25, -0.2) is 18.4 Å². The molecule has 3 aromatic rings. The summed E-state index contributed by atoms with van der Waals surface area (Å²) in [6.07, 6.45) is 39.4. The summed E-state index contributed by atoms with van der Waals surface area (Å²) < 4.78 is 96.4. The van der Waals surface area contributed by atoms with E-state index < -0.39 is 190 Å². The number of carbonyl (C=O) groups excluding carboxylic acids is 12. The molecule has 5 amide bonds. The van der Waals surface area contributed by atoms with Crippen molar-refractivity contribution < 1.29 is 149 Å². The summed E-state index contributed by atoms with van der Waals surface area (Å²) in [5, 5.41) is 60.3. The Balaban J connectivity index is 0.000000145. The van der Waals surface area contributed by atoms with Crippen LogP contribution in [0.5, 0.6) is 0 Å². The van der Waals surface area contributed by atoms with Gasteiger partial charge in [-0.05, 0) is 86.7 Å². The van der Waals surface area contributed by atoms with Gasteiger partial charge >= 0.3 is 11.7 Å². The van der Waals surface area contributed by atoms with E-state index in [0.717, 1.165) is 95.2 Å². The van der Waals surface area contributed by atoms with Gasteiger partial charge in [0.1, 0.15) is 24.1 Å². The van der Waals surface area contributed by atoms with Gasteiger partial charge in [-0.1, -0.05) is 183 Å². The van der Waals surface area contributed by atoms with Crippen molar-refractivity contribution in [3.05, 3.63) is 179 Å². The van der Waals surface area contributed by atoms with E-state index >= 15 is 4.39 Å². The topological polar surface area (TPSA) is 488 Å². The van der Waals surface area contributed by atoms with Gasteiger partial charge in [0.15, 0.2) is 89.4 Å². The quantitative estimate of drug-likeness (QED) is 0.0440. The number of alkyl halides is 6. The molecule has 14 heterocycles. The second-order valence-electron chi connectivity index (χ2n) is 34.6. The van der Waals surface area contributed by atoms with Crippen molar-refractivity contribution in [3.8, 4) is 74.1 Å². The molecule has 8 saturated heterocycles. The fraction of sp³-hybridized carbons (Fsp3) is 0.464. The summed E-state index contributed by atoms with van der Waals surface area (Å²) in [5.41, 5.74) is -12.6. The normalized spacial score (nSPS) is 35.7. The lowest BCUT2D eigenvalue weighted by Crippen LogP contribution is -2.55. The molecule has 15 aliphatic rings. The largest absolute Gasteiger partial charge is 0.468 e. The zero-order valence-corrected chi connectivity index (χ0v) is 83.7. The molecule has 23 atom stereocenters. The molecule has 0 bridgehead atoms. The number of nitrogens with zero attached hydrogens (tertiary/aromatic N) is 7. The average Bonchev–Trinajstić information content (AvgIpc) is 1.55. The molecule has 2 aliphatic carbocycles. The maximum absolute atomic E-state index is 15.9. The van der Waals surface area contributed by atoms with Gasteiger partial charge in [0.2, 0.25) is 75.5 Å². The Kier molecular flexibility index (Phi) is 32.9. The number of amides is 5. The van der Waals surface area contributed by atoms with E-state index in [9.17, 15) is 102 Å². The number of rotatable bonds is 14. The van der Waals surface area contributed by atoms with Gasteiger partial charge in [-0.3, -0.25) is 86.6 Å². The summed E-state index contributed by atoms with van der Waals surface area (Å²) in [5.74, 6) is 0.469. The third-order valence-corrected chi connectivity index (χ3v) is 29.8. The van der Waals surface area contributed by atoms with Gasteiger partial charge < -0.3 is 82.7 Å². The highest BCUT2D eigenvalue weighted by Crippen LogP contribution is 2.57. The summed E-state index contributed by atoms with van der Waals surface area (Å²) in [4.78, 5) is 174. The lowest BCUT2D eigenvalue weighted by atomic mass is 9.85. The van der Waals surface area contributed by atoms with Gasteiger partial charge in [0, 0.05) is 83.4 Å². The van der Waals surface area contributed by atoms with E-state index in [0.29, 0.717) is 19.8 Å². The molecule has 13 aliphatic heterocycles. The molecule has 2 aromatic carbocycles. The smallest absolute Gasteiger partial charge is 0.340 e. The van der Waals surface area contributed by atoms with Crippen molar-refractivity contribution in [2.75, 3.05) is 17.7 Å². The van der Waals surface area contributed by atoms with Crippen molar-refractivity contribution in [1.29, 1.82) is 0 Å². The molecule has 2 saturated carbocycles. The number of terminal acetylenes is 6. The number of hydrogen-bond acceptors (Lipinski definition) is 31.